The number of ether oxygens (including phenoxy) is 1. The third-order valence-corrected chi connectivity index (χ3v) is 3.20. The SMILES string of the molecule is CSCC(C)NCc1ccc(OC(C)C)cc1. The molecule has 0 aromatic heterocycles. The van der Waals surface area contributed by atoms with Gasteiger partial charge in [-0.3, -0.25) is 0 Å². The lowest BCUT2D eigenvalue weighted by Crippen LogP contribution is -2.27. The fourth-order valence-electron chi connectivity index (χ4n) is 1.56. The van der Waals surface area contributed by atoms with Crippen molar-refractivity contribution in [2.24, 2.45) is 0 Å². The number of benzene rings is 1. The molecule has 96 valence electrons. The van der Waals surface area contributed by atoms with Crippen molar-refractivity contribution >= 4 is 11.8 Å². The van der Waals surface area contributed by atoms with Gasteiger partial charge < -0.3 is 10.1 Å². The number of hydrogen-bond donors (Lipinski definition) is 1. The summed E-state index contributed by atoms with van der Waals surface area (Å²) in [5.74, 6) is 2.09. The average molecular weight is 253 g/mol. The molecule has 1 rings (SSSR count). The van der Waals surface area contributed by atoms with Crippen molar-refractivity contribution in [2.75, 3.05) is 12.0 Å². The molecule has 1 aromatic rings. The minimum absolute atomic E-state index is 0.237. The quantitative estimate of drug-likeness (QED) is 0.805. The second kappa shape index (κ2) is 7.62. The van der Waals surface area contributed by atoms with E-state index in [1.165, 1.54) is 5.56 Å². The minimum atomic E-state index is 0.237. The van der Waals surface area contributed by atoms with Crippen molar-refractivity contribution in [2.45, 2.75) is 39.5 Å². The molecule has 3 heteroatoms. The highest BCUT2D eigenvalue weighted by Gasteiger charge is 2.01. The molecule has 1 N–H and O–H groups in total. The first kappa shape index (κ1) is 14.4. The van der Waals surface area contributed by atoms with E-state index in [1.807, 2.05) is 37.7 Å². The Morgan fingerprint density at radius 1 is 1.18 bits per heavy atom. The van der Waals surface area contributed by atoms with E-state index in [4.69, 9.17) is 4.74 Å². The normalized spacial score (nSPS) is 12.8. The van der Waals surface area contributed by atoms with E-state index in [-0.39, 0.29) is 6.10 Å². The minimum Gasteiger partial charge on any atom is -0.491 e. The maximum Gasteiger partial charge on any atom is 0.119 e. The van der Waals surface area contributed by atoms with E-state index in [9.17, 15) is 0 Å². The molecule has 1 unspecified atom stereocenters. The molecule has 0 saturated heterocycles. The smallest absolute Gasteiger partial charge is 0.119 e. The molecule has 0 saturated carbocycles. The van der Waals surface area contributed by atoms with Gasteiger partial charge in [0.05, 0.1) is 6.10 Å². The van der Waals surface area contributed by atoms with Gasteiger partial charge in [0.25, 0.3) is 0 Å². The van der Waals surface area contributed by atoms with Crippen LogP contribution in [0.2, 0.25) is 0 Å². The highest BCUT2D eigenvalue weighted by molar-refractivity contribution is 7.98. The second-order valence-electron chi connectivity index (χ2n) is 4.55. The van der Waals surface area contributed by atoms with E-state index < -0.39 is 0 Å². The van der Waals surface area contributed by atoms with Gasteiger partial charge in [-0.2, -0.15) is 11.8 Å². The van der Waals surface area contributed by atoms with Crippen LogP contribution < -0.4 is 10.1 Å². The zero-order valence-electron chi connectivity index (χ0n) is 11.2. The van der Waals surface area contributed by atoms with Crippen LogP contribution in [-0.2, 0) is 6.54 Å². The lowest BCUT2D eigenvalue weighted by Gasteiger charge is -2.13. The van der Waals surface area contributed by atoms with Crippen molar-refractivity contribution in [3.8, 4) is 5.75 Å². The molecule has 0 heterocycles. The summed E-state index contributed by atoms with van der Waals surface area (Å²) < 4.78 is 5.61. The first-order chi connectivity index (χ1) is 8.11. The van der Waals surface area contributed by atoms with Gasteiger partial charge in [-0.05, 0) is 44.7 Å². The van der Waals surface area contributed by atoms with Crippen LogP contribution in [-0.4, -0.2) is 24.2 Å². The van der Waals surface area contributed by atoms with Crippen molar-refractivity contribution in [3.05, 3.63) is 29.8 Å². The van der Waals surface area contributed by atoms with Crippen molar-refractivity contribution in [3.63, 3.8) is 0 Å². The van der Waals surface area contributed by atoms with Gasteiger partial charge in [0.15, 0.2) is 0 Å². The molecule has 2 nitrogen and oxygen atoms in total. The number of hydrogen-bond acceptors (Lipinski definition) is 3. The standard InChI is InChI=1S/C14H23NOS/c1-11(2)16-14-7-5-13(6-8-14)9-15-12(3)10-17-4/h5-8,11-12,15H,9-10H2,1-4H3. The largest absolute Gasteiger partial charge is 0.491 e. The van der Waals surface area contributed by atoms with Crippen molar-refractivity contribution in [1.82, 2.24) is 5.32 Å². The van der Waals surface area contributed by atoms with Gasteiger partial charge in [-0.15, -0.1) is 0 Å². The Hall–Kier alpha value is -0.670. The van der Waals surface area contributed by atoms with E-state index in [0.29, 0.717) is 6.04 Å². The maximum atomic E-state index is 5.61. The van der Waals surface area contributed by atoms with Crippen LogP contribution in [0.5, 0.6) is 5.75 Å². The fourth-order valence-corrected chi connectivity index (χ4v) is 2.18. The van der Waals surface area contributed by atoms with E-state index in [1.54, 1.807) is 0 Å². The molecule has 1 aromatic carbocycles. The van der Waals surface area contributed by atoms with Gasteiger partial charge in [0.2, 0.25) is 0 Å². The third kappa shape index (κ3) is 5.99. The molecule has 0 fully saturated rings. The molecule has 1 atom stereocenters. The molecular weight excluding hydrogens is 230 g/mol. The number of rotatable bonds is 7. The molecule has 0 radical (unpaired) electrons. The number of nitrogens with one attached hydrogen (secondary N) is 1. The Kier molecular flexibility index (Phi) is 6.45. The molecule has 0 bridgehead atoms. The molecule has 17 heavy (non-hydrogen) atoms. The molecule has 0 aliphatic carbocycles. The average Bonchev–Trinajstić information content (AvgIpc) is 2.28. The molecule has 0 spiro atoms. The summed E-state index contributed by atoms with van der Waals surface area (Å²) in [5.41, 5.74) is 1.30. The molecule has 0 aliphatic rings. The number of thioether (sulfide) groups is 1. The Morgan fingerprint density at radius 3 is 2.35 bits per heavy atom. The second-order valence-corrected chi connectivity index (χ2v) is 5.46. The zero-order valence-corrected chi connectivity index (χ0v) is 12.0. The summed E-state index contributed by atoms with van der Waals surface area (Å²) in [6.45, 7) is 7.22. The summed E-state index contributed by atoms with van der Waals surface area (Å²) in [6.07, 6.45) is 2.37. The predicted molar refractivity (Wildman–Crippen MR) is 76.9 cm³/mol. The Labute approximate surface area is 109 Å². The predicted octanol–water partition coefficient (Wildman–Crippen LogP) is 3.31. The van der Waals surface area contributed by atoms with Gasteiger partial charge >= 0.3 is 0 Å². The van der Waals surface area contributed by atoms with Gasteiger partial charge in [-0.25, -0.2) is 0 Å². The first-order valence-electron chi connectivity index (χ1n) is 6.09. The van der Waals surface area contributed by atoms with Crippen LogP contribution in [0.3, 0.4) is 0 Å². The summed E-state index contributed by atoms with van der Waals surface area (Å²) in [4.78, 5) is 0. The maximum absolute atomic E-state index is 5.61. The van der Waals surface area contributed by atoms with Crippen LogP contribution in [0.25, 0.3) is 0 Å². The van der Waals surface area contributed by atoms with Crippen molar-refractivity contribution < 1.29 is 4.74 Å². The highest BCUT2D eigenvalue weighted by Crippen LogP contribution is 2.13. The third-order valence-electron chi connectivity index (χ3n) is 2.37. The molecular formula is C14H23NOS. The lowest BCUT2D eigenvalue weighted by atomic mass is 10.2. The summed E-state index contributed by atoms with van der Waals surface area (Å²) in [7, 11) is 0. The van der Waals surface area contributed by atoms with Gasteiger partial charge in [-0.1, -0.05) is 12.1 Å². The fraction of sp³-hybridized carbons (Fsp3) is 0.571. The van der Waals surface area contributed by atoms with Gasteiger partial charge in [0.1, 0.15) is 5.75 Å². The summed E-state index contributed by atoms with van der Waals surface area (Å²) in [6, 6.07) is 8.87. The summed E-state index contributed by atoms with van der Waals surface area (Å²) >= 11 is 1.87. The van der Waals surface area contributed by atoms with E-state index in [0.717, 1.165) is 18.0 Å². The molecule has 0 aliphatic heterocycles. The Morgan fingerprint density at radius 2 is 1.82 bits per heavy atom. The van der Waals surface area contributed by atoms with Crippen molar-refractivity contribution in [1.29, 1.82) is 0 Å². The van der Waals surface area contributed by atoms with Crippen LogP contribution >= 0.6 is 11.8 Å². The highest BCUT2D eigenvalue weighted by atomic mass is 32.2. The summed E-state index contributed by atoms with van der Waals surface area (Å²) in [5, 5.41) is 3.50. The Balaban J connectivity index is 2.40. The van der Waals surface area contributed by atoms with Crippen LogP contribution in [0.1, 0.15) is 26.3 Å². The van der Waals surface area contributed by atoms with Gasteiger partial charge in [0, 0.05) is 18.3 Å². The van der Waals surface area contributed by atoms with Crippen LogP contribution in [0.15, 0.2) is 24.3 Å². The van der Waals surface area contributed by atoms with Crippen LogP contribution in [0.4, 0.5) is 0 Å². The zero-order chi connectivity index (χ0) is 12.7. The monoisotopic (exact) mass is 253 g/mol. The van der Waals surface area contributed by atoms with E-state index in [2.05, 4.69) is 30.6 Å². The van der Waals surface area contributed by atoms with Crippen LogP contribution in [0, 0.1) is 0 Å². The first-order valence-corrected chi connectivity index (χ1v) is 7.49. The molecule has 0 amide bonds. The lowest BCUT2D eigenvalue weighted by molar-refractivity contribution is 0.242. The topological polar surface area (TPSA) is 21.3 Å². The Bertz CT molecular complexity index is 311. The van der Waals surface area contributed by atoms with E-state index >= 15 is 0 Å².